The van der Waals surface area contributed by atoms with Crippen molar-refractivity contribution >= 4 is 11.9 Å². The summed E-state index contributed by atoms with van der Waals surface area (Å²) < 4.78 is 1.74. The van der Waals surface area contributed by atoms with Crippen LogP contribution in [0.5, 0.6) is 0 Å². The molecule has 0 bridgehead atoms. The standard InChI is InChI=1S/C14H24N6O2/c1-3-15-13(21)11-19-6-8-20(9-7-19)14(22)16-10-12-4-5-17-18(12)2/h4-5H,3,6-11H2,1-2H3,(H,15,21)(H,16,22). The number of carbonyl (C=O) groups excluding carboxylic acids is 2. The Morgan fingerprint density at radius 1 is 1.23 bits per heavy atom. The third kappa shape index (κ3) is 4.45. The molecule has 2 rings (SSSR count). The molecule has 1 saturated heterocycles. The molecule has 2 N–H and O–H groups in total. The van der Waals surface area contributed by atoms with Gasteiger partial charge in [0.1, 0.15) is 0 Å². The van der Waals surface area contributed by atoms with Crippen LogP contribution in [-0.4, -0.2) is 70.8 Å². The number of piperazine rings is 1. The van der Waals surface area contributed by atoms with Crippen molar-refractivity contribution in [2.45, 2.75) is 13.5 Å². The summed E-state index contributed by atoms with van der Waals surface area (Å²) in [5.74, 6) is 0.0385. The molecule has 0 spiro atoms. The second-order valence-corrected chi connectivity index (χ2v) is 5.32. The molecular weight excluding hydrogens is 284 g/mol. The third-order valence-electron chi connectivity index (χ3n) is 3.74. The van der Waals surface area contributed by atoms with Gasteiger partial charge in [-0.25, -0.2) is 4.79 Å². The number of hydrogen-bond donors (Lipinski definition) is 2. The Morgan fingerprint density at radius 2 is 1.95 bits per heavy atom. The maximum Gasteiger partial charge on any atom is 0.317 e. The van der Waals surface area contributed by atoms with Crippen molar-refractivity contribution in [3.8, 4) is 0 Å². The molecule has 8 nitrogen and oxygen atoms in total. The van der Waals surface area contributed by atoms with Crippen LogP contribution in [0, 0.1) is 0 Å². The van der Waals surface area contributed by atoms with E-state index < -0.39 is 0 Å². The number of aromatic nitrogens is 2. The summed E-state index contributed by atoms with van der Waals surface area (Å²) in [6.07, 6.45) is 1.71. The number of aryl methyl sites for hydroxylation is 1. The predicted molar refractivity (Wildman–Crippen MR) is 82.1 cm³/mol. The van der Waals surface area contributed by atoms with E-state index in [1.165, 1.54) is 0 Å². The molecule has 0 radical (unpaired) electrons. The van der Waals surface area contributed by atoms with Crippen LogP contribution in [-0.2, 0) is 18.4 Å². The topological polar surface area (TPSA) is 82.5 Å². The Hall–Kier alpha value is -2.09. The molecule has 22 heavy (non-hydrogen) atoms. The minimum Gasteiger partial charge on any atom is -0.355 e. The molecule has 0 unspecified atom stereocenters. The number of carbonyl (C=O) groups is 2. The summed E-state index contributed by atoms with van der Waals surface area (Å²) in [5.41, 5.74) is 0.961. The summed E-state index contributed by atoms with van der Waals surface area (Å²) in [6, 6.07) is 1.81. The summed E-state index contributed by atoms with van der Waals surface area (Å²) in [7, 11) is 1.85. The van der Waals surface area contributed by atoms with E-state index in [2.05, 4.69) is 20.6 Å². The van der Waals surface area contributed by atoms with E-state index in [1.807, 2.05) is 20.0 Å². The van der Waals surface area contributed by atoms with E-state index >= 15 is 0 Å². The minimum absolute atomic E-state index is 0.0385. The van der Waals surface area contributed by atoms with Gasteiger partial charge in [0.2, 0.25) is 5.91 Å². The smallest absolute Gasteiger partial charge is 0.317 e. The Balaban J connectivity index is 1.71. The number of hydrogen-bond acceptors (Lipinski definition) is 4. The van der Waals surface area contributed by atoms with Gasteiger partial charge in [-0.1, -0.05) is 0 Å². The molecule has 0 aromatic carbocycles. The molecular formula is C14H24N6O2. The van der Waals surface area contributed by atoms with E-state index in [1.54, 1.807) is 15.8 Å². The lowest BCUT2D eigenvalue weighted by Gasteiger charge is -2.34. The molecule has 1 fully saturated rings. The molecule has 1 aromatic rings. The SMILES string of the molecule is CCNC(=O)CN1CCN(C(=O)NCc2ccnn2C)CC1. The van der Waals surface area contributed by atoms with Gasteiger partial charge >= 0.3 is 6.03 Å². The van der Waals surface area contributed by atoms with Crippen LogP contribution in [0.25, 0.3) is 0 Å². The van der Waals surface area contributed by atoms with Crippen molar-refractivity contribution in [1.29, 1.82) is 0 Å². The van der Waals surface area contributed by atoms with E-state index in [4.69, 9.17) is 0 Å². The number of urea groups is 1. The minimum atomic E-state index is -0.0705. The Morgan fingerprint density at radius 3 is 2.55 bits per heavy atom. The van der Waals surface area contributed by atoms with Gasteiger partial charge in [0.25, 0.3) is 0 Å². The molecule has 0 atom stereocenters. The Bertz CT molecular complexity index is 507. The lowest BCUT2D eigenvalue weighted by atomic mass is 10.3. The molecule has 3 amide bonds. The highest BCUT2D eigenvalue weighted by Crippen LogP contribution is 2.03. The van der Waals surface area contributed by atoms with Crippen LogP contribution in [0.3, 0.4) is 0 Å². The van der Waals surface area contributed by atoms with Gasteiger partial charge in [-0.15, -0.1) is 0 Å². The maximum absolute atomic E-state index is 12.1. The second kappa shape index (κ2) is 7.79. The normalized spacial score (nSPS) is 15.6. The average molecular weight is 308 g/mol. The van der Waals surface area contributed by atoms with Crippen LogP contribution >= 0.6 is 0 Å². The maximum atomic E-state index is 12.1. The van der Waals surface area contributed by atoms with Gasteiger partial charge in [-0.05, 0) is 13.0 Å². The number of nitrogens with zero attached hydrogens (tertiary/aromatic N) is 4. The highest BCUT2D eigenvalue weighted by atomic mass is 16.2. The zero-order valence-electron chi connectivity index (χ0n) is 13.2. The highest BCUT2D eigenvalue weighted by molar-refractivity contribution is 5.78. The molecule has 1 aliphatic heterocycles. The molecule has 122 valence electrons. The Kier molecular flexibility index (Phi) is 5.76. The van der Waals surface area contributed by atoms with Crippen LogP contribution in [0.2, 0.25) is 0 Å². The summed E-state index contributed by atoms with van der Waals surface area (Å²) in [4.78, 5) is 27.5. The third-order valence-corrected chi connectivity index (χ3v) is 3.74. The predicted octanol–water partition coefficient (Wildman–Crippen LogP) is -0.617. The average Bonchev–Trinajstić information content (AvgIpc) is 2.91. The van der Waals surface area contributed by atoms with Gasteiger partial charge in [-0.3, -0.25) is 14.4 Å². The quantitative estimate of drug-likeness (QED) is 0.760. The first-order valence-corrected chi connectivity index (χ1v) is 7.59. The van der Waals surface area contributed by atoms with E-state index in [0.717, 1.165) is 18.8 Å². The second-order valence-electron chi connectivity index (χ2n) is 5.32. The van der Waals surface area contributed by atoms with Gasteiger partial charge in [0, 0.05) is 46.0 Å². The van der Waals surface area contributed by atoms with Gasteiger partial charge in [0.05, 0.1) is 18.8 Å². The monoisotopic (exact) mass is 308 g/mol. The van der Waals surface area contributed by atoms with Crippen LogP contribution < -0.4 is 10.6 Å². The molecule has 8 heteroatoms. The van der Waals surface area contributed by atoms with Gasteiger partial charge in [0.15, 0.2) is 0 Å². The summed E-state index contributed by atoms with van der Waals surface area (Å²) in [6.45, 7) is 6.13. The van der Waals surface area contributed by atoms with Crippen molar-refractivity contribution in [2.24, 2.45) is 7.05 Å². The number of likely N-dealkylation sites (N-methyl/N-ethyl adjacent to an activating group) is 1. The fourth-order valence-corrected chi connectivity index (χ4v) is 2.42. The first-order valence-electron chi connectivity index (χ1n) is 7.59. The largest absolute Gasteiger partial charge is 0.355 e. The van der Waals surface area contributed by atoms with E-state index in [0.29, 0.717) is 32.7 Å². The van der Waals surface area contributed by atoms with E-state index in [9.17, 15) is 9.59 Å². The van der Waals surface area contributed by atoms with Crippen molar-refractivity contribution < 1.29 is 9.59 Å². The van der Waals surface area contributed by atoms with Crippen molar-refractivity contribution in [3.63, 3.8) is 0 Å². The first kappa shape index (κ1) is 16.3. The lowest BCUT2D eigenvalue weighted by molar-refractivity contribution is -0.122. The fraction of sp³-hybridized carbons (Fsp3) is 0.643. The number of amides is 3. The lowest BCUT2D eigenvalue weighted by Crippen LogP contribution is -2.53. The Labute approximate surface area is 130 Å². The highest BCUT2D eigenvalue weighted by Gasteiger charge is 2.22. The molecule has 0 saturated carbocycles. The van der Waals surface area contributed by atoms with E-state index in [-0.39, 0.29) is 11.9 Å². The fourth-order valence-electron chi connectivity index (χ4n) is 2.42. The zero-order chi connectivity index (χ0) is 15.9. The first-order chi connectivity index (χ1) is 10.6. The van der Waals surface area contributed by atoms with Crippen LogP contribution in [0.4, 0.5) is 4.79 Å². The summed E-state index contributed by atoms with van der Waals surface area (Å²) in [5, 5.41) is 9.75. The molecule has 1 aliphatic rings. The van der Waals surface area contributed by atoms with Crippen molar-refractivity contribution in [2.75, 3.05) is 39.3 Å². The van der Waals surface area contributed by atoms with Crippen molar-refractivity contribution in [1.82, 2.24) is 30.2 Å². The summed E-state index contributed by atoms with van der Waals surface area (Å²) >= 11 is 0. The molecule has 0 aliphatic carbocycles. The zero-order valence-corrected chi connectivity index (χ0v) is 13.2. The number of rotatable bonds is 5. The number of nitrogens with one attached hydrogen (secondary N) is 2. The van der Waals surface area contributed by atoms with Crippen molar-refractivity contribution in [3.05, 3.63) is 18.0 Å². The van der Waals surface area contributed by atoms with Gasteiger partial charge < -0.3 is 15.5 Å². The van der Waals surface area contributed by atoms with Gasteiger partial charge in [-0.2, -0.15) is 5.10 Å². The van der Waals surface area contributed by atoms with Crippen LogP contribution in [0.1, 0.15) is 12.6 Å². The van der Waals surface area contributed by atoms with Crippen LogP contribution in [0.15, 0.2) is 12.3 Å². The molecule has 2 heterocycles. The molecule has 1 aromatic heterocycles.